The van der Waals surface area contributed by atoms with Crippen molar-refractivity contribution in [2.24, 2.45) is 44.8 Å². The molecule has 5 heterocycles. The molecule has 0 aromatic carbocycles. The van der Waals surface area contributed by atoms with Crippen LogP contribution in [0.15, 0.2) is 0 Å². The summed E-state index contributed by atoms with van der Waals surface area (Å²) in [6.07, 6.45) is -24.5. The van der Waals surface area contributed by atoms with E-state index in [2.05, 4.69) is 34.6 Å². The molecule has 22 nitrogen and oxygen atoms in total. The maximum atomic E-state index is 12.4. The van der Waals surface area contributed by atoms with Gasteiger partial charge in [-0.3, -0.25) is 0 Å². The number of rotatable bonds is 10. The highest BCUT2D eigenvalue weighted by molar-refractivity contribution is 5.33. The normalized spacial score (nSPS) is 58.9. The Balaban J connectivity index is 0.953. The van der Waals surface area contributed by atoms with Gasteiger partial charge in [0, 0.05) is 5.92 Å². The van der Waals surface area contributed by atoms with E-state index in [-0.39, 0.29) is 35.2 Å². The van der Waals surface area contributed by atoms with Crippen molar-refractivity contribution >= 4 is 0 Å². The van der Waals surface area contributed by atoms with Crippen molar-refractivity contribution in [2.75, 3.05) is 19.8 Å². The van der Waals surface area contributed by atoms with E-state index in [1.165, 1.54) is 6.92 Å². The van der Waals surface area contributed by atoms with Crippen LogP contribution in [0.1, 0.15) is 113 Å². The minimum Gasteiger partial charge on any atom is -0.394 e. The minimum atomic E-state index is -1.79. The fraction of sp³-hybridized carbons (Fsp3) is 1.00. The Hall–Kier alpha value is -0.880. The monoisotopic (exact) mass is 1060 g/mol. The molecule has 5 aliphatic heterocycles. The largest absolute Gasteiger partial charge is 0.394 e. The Labute approximate surface area is 432 Å². The van der Waals surface area contributed by atoms with Crippen LogP contribution in [0, 0.1) is 44.8 Å². The number of aliphatic hydroxyl groups is 13. The molecule has 30 atom stereocenters. The van der Waals surface area contributed by atoms with Crippen molar-refractivity contribution in [3.05, 3.63) is 0 Å². The second-order valence-corrected chi connectivity index (χ2v) is 26.2. The summed E-state index contributed by atoms with van der Waals surface area (Å²) in [5.74, 6) is -0.582. The molecule has 0 bridgehead atoms. The van der Waals surface area contributed by atoms with Crippen molar-refractivity contribution in [2.45, 2.75) is 259 Å². The molecule has 0 radical (unpaired) electrons. The first-order valence-corrected chi connectivity index (χ1v) is 27.2. The average Bonchev–Trinajstić information content (AvgIpc) is 3.93. The fourth-order valence-electron chi connectivity index (χ4n) is 17.6. The summed E-state index contributed by atoms with van der Waals surface area (Å²) in [6, 6.07) is 0. The fourth-order valence-corrected chi connectivity index (χ4v) is 17.6. The molecule has 22 heteroatoms. The van der Waals surface area contributed by atoms with Crippen LogP contribution in [-0.4, -0.2) is 232 Å². The molecule has 30 unspecified atom stereocenters. The third kappa shape index (κ3) is 8.48. The number of ether oxygens (including phenoxy) is 9. The Morgan fingerprint density at radius 3 is 1.72 bits per heavy atom. The Morgan fingerprint density at radius 2 is 1.11 bits per heavy atom. The molecule has 0 aromatic rings. The van der Waals surface area contributed by atoms with Crippen LogP contribution >= 0.6 is 0 Å². The highest BCUT2D eigenvalue weighted by atomic mass is 16.8. The molecule has 10 rings (SSSR count). The average molecular weight is 1060 g/mol. The third-order valence-corrected chi connectivity index (χ3v) is 21.5. The first-order chi connectivity index (χ1) is 34.5. The first kappa shape index (κ1) is 56.4. The molecule has 0 aromatic heterocycles. The summed E-state index contributed by atoms with van der Waals surface area (Å²) >= 11 is 0. The van der Waals surface area contributed by atoms with Gasteiger partial charge in [-0.05, 0) is 124 Å². The number of aliphatic hydroxyl groups excluding tert-OH is 13. The Kier molecular flexibility index (Phi) is 14.8. The summed E-state index contributed by atoms with van der Waals surface area (Å²) in [7, 11) is 0. The lowest BCUT2D eigenvalue weighted by Crippen LogP contribution is -2.66. The lowest BCUT2D eigenvalue weighted by atomic mass is 9.41. The van der Waals surface area contributed by atoms with Crippen molar-refractivity contribution in [3.63, 3.8) is 0 Å². The van der Waals surface area contributed by atoms with Crippen molar-refractivity contribution in [1.29, 1.82) is 0 Å². The van der Waals surface area contributed by atoms with Gasteiger partial charge in [-0.2, -0.15) is 0 Å². The van der Waals surface area contributed by atoms with Crippen LogP contribution in [0.5, 0.6) is 0 Å². The topological polar surface area (TPSA) is 346 Å². The molecule has 426 valence electrons. The molecule has 5 saturated carbocycles. The maximum Gasteiger partial charge on any atom is 0.187 e. The number of fused-ring (bicyclic) bond motifs is 2. The van der Waals surface area contributed by atoms with Gasteiger partial charge in [0.15, 0.2) is 25.2 Å². The standard InChI is InChI=1S/C52H86O22/c1-21-30(58)34(62)36(64)42(68-21)72-39-32(60)24(56)19-67-45(39)73-38-31(59)23(55)18-66-44(38)71-29-10-12-52-20-51(52)14-13-48(6)40(50(8)11-9-28(57)47(4,5)74-50)22(54)16-49(48,7)27(51)15-25(41(52)46(29,2)3)69-43-37(65)35(63)33(61)26(17-53)70-43/h21-45,53-65H,9-20H2,1-8H3. The lowest BCUT2D eigenvalue weighted by molar-refractivity contribution is -0.382. The quantitative estimate of drug-likeness (QED) is 0.106. The summed E-state index contributed by atoms with van der Waals surface area (Å²) in [5, 5.41) is 143. The van der Waals surface area contributed by atoms with Gasteiger partial charge in [-0.25, -0.2) is 0 Å². The van der Waals surface area contributed by atoms with Crippen LogP contribution in [-0.2, 0) is 42.6 Å². The molecular formula is C52H86O22. The molecule has 5 saturated heterocycles. The highest BCUT2D eigenvalue weighted by Gasteiger charge is 2.85. The zero-order valence-electron chi connectivity index (χ0n) is 43.9. The number of hydrogen-bond acceptors (Lipinski definition) is 22. The maximum absolute atomic E-state index is 12.4. The van der Waals surface area contributed by atoms with Gasteiger partial charge < -0.3 is 109 Å². The molecular weight excluding hydrogens is 977 g/mol. The van der Waals surface area contributed by atoms with Gasteiger partial charge in [0.2, 0.25) is 0 Å². The summed E-state index contributed by atoms with van der Waals surface area (Å²) in [6.45, 7) is 14.6. The van der Waals surface area contributed by atoms with Crippen LogP contribution in [0.4, 0.5) is 0 Å². The van der Waals surface area contributed by atoms with Crippen LogP contribution < -0.4 is 0 Å². The highest BCUT2D eigenvalue weighted by Crippen LogP contribution is 2.89. The van der Waals surface area contributed by atoms with E-state index < -0.39 is 176 Å². The van der Waals surface area contributed by atoms with Gasteiger partial charge >= 0.3 is 0 Å². The van der Waals surface area contributed by atoms with Crippen molar-refractivity contribution < 1.29 is 109 Å². The van der Waals surface area contributed by atoms with Crippen molar-refractivity contribution in [3.8, 4) is 0 Å². The van der Waals surface area contributed by atoms with Crippen LogP contribution in [0.3, 0.4) is 0 Å². The molecule has 5 aliphatic carbocycles. The van der Waals surface area contributed by atoms with E-state index in [0.717, 1.165) is 19.3 Å². The smallest absolute Gasteiger partial charge is 0.187 e. The van der Waals surface area contributed by atoms with E-state index in [1.807, 2.05) is 13.8 Å². The number of hydrogen-bond donors (Lipinski definition) is 13. The van der Waals surface area contributed by atoms with Gasteiger partial charge in [0.1, 0.15) is 79.4 Å². The van der Waals surface area contributed by atoms with Crippen molar-refractivity contribution in [1.82, 2.24) is 0 Å². The van der Waals surface area contributed by atoms with Gasteiger partial charge in [-0.15, -0.1) is 0 Å². The second kappa shape index (κ2) is 19.4. The zero-order chi connectivity index (χ0) is 53.8. The van der Waals surface area contributed by atoms with E-state index in [1.54, 1.807) is 0 Å². The molecule has 10 aliphatic rings. The zero-order valence-corrected chi connectivity index (χ0v) is 43.9. The SMILES string of the molecule is CC1OC(OC2C(OC3C(OC4CCC56CC57CCC5(C)C(C8(C)CCC(O)C(C)(C)O8)C(O)CC5(C)C7CC(OC5OC(CO)C(O)C(O)C5O)C6C4(C)C)OCC(O)C3O)OCC(O)C2O)C(O)C(O)C1O. The summed E-state index contributed by atoms with van der Waals surface area (Å²) in [4.78, 5) is 0. The third-order valence-electron chi connectivity index (χ3n) is 21.5. The van der Waals surface area contributed by atoms with E-state index >= 15 is 0 Å². The first-order valence-electron chi connectivity index (χ1n) is 27.2. The Morgan fingerprint density at radius 1 is 0.527 bits per heavy atom. The molecule has 2 spiro atoms. The Bertz CT molecular complexity index is 2020. The molecule has 0 amide bonds. The predicted octanol–water partition coefficient (Wildman–Crippen LogP) is -1.96. The summed E-state index contributed by atoms with van der Waals surface area (Å²) < 4.78 is 56.8. The molecule has 74 heavy (non-hydrogen) atoms. The minimum absolute atomic E-state index is 0.00844. The predicted molar refractivity (Wildman–Crippen MR) is 252 cm³/mol. The lowest BCUT2D eigenvalue weighted by Gasteiger charge is -2.66. The molecule has 13 N–H and O–H groups in total. The van der Waals surface area contributed by atoms with Crippen LogP contribution in [0.25, 0.3) is 0 Å². The second-order valence-electron chi connectivity index (χ2n) is 26.2. The van der Waals surface area contributed by atoms with Gasteiger partial charge in [0.05, 0.1) is 61.5 Å². The van der Waals surface area contributed by atoms with E-state index in [9.17, 15) is 66.4 Å². The van der Waals surface area contributed by atoms with Gasteiger partial charge in [0.25, 0.3) is 0 Å². The van der Waals surface area contributed by atoms with Crippen LogP contribution in [0.2, 0.25) is 0 Å². The van der Waals surface area contributed by atoms with Gasteiger partial charge in [-0.1, -0.05) is 27.7 Å². The summed E-state index contributed by atoms with van der Waals surface area (Å²) in [5.41, 5.74) is -3.78. The molecule has 10 fully saturated rings. The van der Waals surface area contributed by atoms with E-state index in [0.29, 0.717) is 38.5 Å². The van der Waals surface area contributed by atoms with E-state index in [4.69, 9.17) is 42.6 Å².